The number of halogens is 4. The third-order valence-corrected chi connectivity index (χ3v) is 6.90. The molecule has 0 aliphatic carbocycles. The fourth-order valence-corrected chi connectivity index (χ4v) is 4.52. The Morgan fingerprint density at radius 2 is 1.88 bits per heavy atom. The van der Waals surface area contributed by atoms with E-state index in [2.05, 4.69) is 5.32 Å². The van der Waals surface area contributed by atoms with Crippen LogP contribution in [0.2, 0.25) is 15.1 Å². The van der Waals surface area contributed by atoms with Crippen molar-refractivity contribution in [1.82, 2.24) is 10.2 Å². The first kappa shape index (κ1) is 26.8. The summed E-state index contributed by atoms with van der Waals surface area (Å²) in [6, 6.07) is 8.90. The van der Waals surface area contributed by atoms with Crippen molar-refractivity contribution in [3.8, 4) is 0 Å². The van der Waals surface area contributed by atoms with Crippen LogP contribution in [0.3, 0.4) is 0 Å². The number of hydrogen-bond donors (Lipinski definition) is 1. The monoisotopic (exact) mass is 518 g/mol. The summed E-state index contributed by atoms with van der Waals surface area (Å²) in [5.74, 6) is -0.567. The van der Waals surface area contributed by atoms with Gasteiger partial charge in [0.2, 0.25) is 11.8 Å². The van der Waals surface area contributed by atoms with E-state index in [0.717, 1.165) is 18.4 Å². The Kier molecular flexibility index (Phi) is 11.1. The molecule has 1 atom stereocenters. The lowest BCUT2D eigenvalue weighted by Gasteiger charge is -2.29. The molecule has 0 radical (unpaired) electrons. The summed E-state index contributed by atoms with van der Waals surface area (Å²) in [5, 5.41) is 3.98. The molecule has 0 spiro atoms. The number of nitrogens with zero attached hydrogens (tertiary/aromatic N) is 1. The summed E-state index contributed by atoms with van der Waals surface area (Å²) < 4.78 is 14.0. The molecule has 32 heavy (non-hydrogen) atoms. The van der Waals surface area contributed by atoms with Gasteiger partial charge in [0.25, 0.3) is 0 Å². The summed E-state index contributed by atoms with van der Waals surface area (Å²) in [5.41, 5.74) is 1.11. The molecule has 4 nitrogen and oxygen atoms in total. The smallest absolute Gasteiger partial charge is 0.242 e. The second kappa shape index (κ2) is 13.3. The highest BCUT2D eigenvalue weighted by Crippen LogP contribution is 2.26. The summed E-state index contributed by atoms with van der Waals surface area (Å²) in [7, 11) is 0. The van der Waals surface area contributed by atoms with E-state index in [1.54, 1.807) is 31.2 Å². The van der Waals surface area contributed by atoms with Gasteiger partial charge < -0.3 is 10.2 Å². The van der Waals surface area contributed by atoms with E-state index >= 15 is 0 Å². The van der Waals surface area contributed by atoms with E-state index in [1.165, 1.54) is 28.8 Å². The Morgan fingerprint density at radius 3 is 2.53 bits per heavy atom. The van der Waals surface area contributed by atoms with Crippen LogP contribution in [0, 0.1) is 5.82 Å². The van der Waals surface area contributed by atoms with Gasteiger partial charge in [0.15, 0.2) is 0 Å². The van der Waals surface area contributed by atoms with E-state index in [0.29, 0.717) is 27.2 Å². The predicted molar refractivity (Wildman–Crippen MR) is 132 cm³/mol. The van der Waals surface area contributed by atoms with E-state index in [9.17, 15) is 14.0 Å². The molecule has 9 heteroatoms. The zero-order valence-corrected chi connectivity index (χ0v) is 21.1. The van der Waals surface area contributed by atoms with Gasteiger partial charge in [-0.15, -0.1) is 11.8 Å². The van der Waals surface area contributed by atoms with Crippen LogP contribution in [-0.2, 0) is 21.9 Å². The number of unbranched alkanes of at least 4 members (excludes halogenated alkanes) is 1. The average molecular weight is 520 g/mol. The second-order valence-electron chi connectivity index (χ2n) is 7.28. The normalized spacial score (nSPS) is 11.8. The predicted octanol–water partition coefficient (Wildman–Crippen LogP) is 6.35. The van der Waals surface area contributed by atoms with Crippen LogP contribution in [0.25, 0.3) is 0 Å². The van der Waals surface area contributed by atoms with Gasteiger partial charge in [-0.3, -0.25) is 9.59 Å². The first-order valence-corrected chi connectivity index (χ1v) is 12.5. The topological polar surface area (TPSA) is 49.4 Å². The molecule has 2 rings (SSSR count). The van der Waals surface area contributed by atoms with Crippen LogP contribution in [0.15, 0.2) is 36.4 Å². The van der Waals surface area contributed by atoms with Gasteiger partial charge in [-0.25, -0.2) is 4.39 Å². The van der Waals surface area contributed by atoms with Gasteiger partial charge >= 0.3 is 0 Å². The zero-order chi connectivity index (χ0) is 23.7. The summed E-state index contributed by atoms with van der Waals surface area (Å²) in [4.78, 5) is 27.2. The van der Waals surface area contributed by atoms with E-state index in [4.69, 9.17) is 34.8 Å². The molecule has 0 saturated carbocycles. The van der Waals surface area contributed by atoms with Gasteiger partial charge in [0.05, 0.1) is 15.8 Å². The lowest BCUT2D eigenvalue weighted by Crippen LogP contribution is -2.48. The SMILES string of the molecule is CCCCNC(=O)[C@H](C)N(Cc1ccc(Cl)c(Cl)c1)C(=O)CSCc1c(F)cccc1Cl. The maximum absolute atomic E-state index is 14.0. The Hall–Kier alpha value is -1.47. The number of hydrogen-bond acceptors (Lipinski definition) is 3. The highest BCUT2D eigenvalue weighted by Gasteiger charge is 2.26. The molecule has 174 valence electrons. The molecule has 2 aromatic carbocycles. The van der Waals surface area contributed by atoms with Crippen molar-refractivity contribution in [2.75, 3.05) is 12.3 Å². The Labute approximate surface area is 207 Å². The molecule has 0 aliphatic heterocycles. The number of carbonyl (C=O) groups excluding carboxylic acids is 2. The first-order valence-electron chi connectivity index (χ1n) is 10.3. The molecule has 0 heterocycles. The van der Waals surface area contributed by atoms with Crippen LogP contribution in [0.5, 0.6) is 0 Å². The van der Waals surface area contributed by atoms with E-state index in [-0.39, 0.29) is 29.9 Å². The minimum absolute atomic E-state index is 0.0680. The van der Waals surface area contributed by atoms with Gasteiger partial charge in [0.1, 0.15) is 11.9 Å². The average Bonchev–Trinajstić information content (AvgIpc) is 2.76. The van der Waals surface area contributed by atoms with E-state index in [1.807, 2.05) is 6.92 Å². The Bertz CT molecular complexity index is 925. The van der Waals surface area contributed by atoms with E-state index < -0.39 is 11.9 Å². The molecule has 2 aromatic rings. The number of nitrogens with one attached hydrogen (secondary N) is 1. The minimum atomic E-state index is -0.688. The van der Waals surface area contributed by atoms with Gasteiger partial charge in [0, 0.05) is 29.4 Å². The van der Waals surface area contributed by atoms with Crippen molar-refractivity contribution < 1.29 is 14.0 Å². The maximum Gasteiger partial charge on any atom is 0.242 e. The molecule has 0 bridgehead atoms. The molecule has 1 N–H and O–H groups in total. The third kappa shape index (κ3) is 7.84. The van der Waals surface area contributed by atoms with Crippen molar-refractivity contribution in [3.05, 3.63) is 68.4 Å². The van der Waals surface area contributed by atoms with Crippen molar-refractivity contribution in [2.24, 2.45) is 0 Å². The fourth-order valence-electron chi connectivity index (χ4n) is 2.95. The van der Waals surface area contributed by atoms with Crippen molar-refractivity contribution >= 4 is 58.4 Å². The fraction of sp³-hybridized carbons (Fsp3) is 0.391. The van der Waals surface area contributed by atoms with Gasteiger partial charge in [-0.2, -0.15) is 0 Å². The molecular weight excluding hydrogens is 494 g/mol. The first-order chi connectivity index (χ1) is 15.2. The number of amides is 2. The van der Waals surface area contributed by atoms with Crippen LogP contribution in [0.1, 0.15) is 37.8 Å². The maximum atomic E-state index is 14.0. The van der Waals surface area contributed by atoms with Gasteiger partial charge in [-0.05, 0) is 43.2 Å². The van der Waals surface area contributed by atoms with Crippen molar-refractivity contribution in [3.63, 3.8) is 0 Å². The highest BCUT2D eigenvalue weighted by molar-refractivity contribution is 7.99. The molecule has 0 fully saturated rings. The zero-order valence-electron chi connectivity index (χ0n) is 18.0. The lowest BCUT2D eigenvalue weighted by atomic mass is 10.1. The Balaban J connectivity index is 2.11. The summed E-state index contributed by atoms with van der Waals surface area (Å²) in [6.45, 7) is 4.47. The molecular formula is C23H26Cl3FN2O2S. The quantitative estimate of drug-likeness (QED) is 0.352. The minimum Gasteiger partial charge on any atom is -0.354 e. The van der Waals surface area contributed by atoms with Crippen LogP contribution < -0.4 is 5.32 Å². The molecule has 0 aliphatic rings. The lowest BCUT2D eigenvalue weighted by molar-refractivity contribution is -0.138. The third-order valence-electron chi connectivity index (χ3n) is 4.87. The molecule has 0 aromatic heterocycles. The Morgan fingerprint density at radius 1 is 1.12 bits per heavy atom. The largest absolute Gasteiger partial charge is 0.354 e. The molecule has 0 unspecified atom stereocenters. The number of thioether (sulfide) groups is 1. The molecule has 2 amide bonds. The van der Waals surface area contributed by atoms with Crippen LogP contribution in [0.4, 0.5) is 4.39 Å². The number of carbonyl (C=O) groups is 2. The summed E-state index contributed by atoms with van der Waals surface area (Å²) in [6.07, 6.45) is 1.81. The number of benzene rings is 2. The van der Waals surface area contributed by atoms with Crippen LogP contribution >= 0.6 is 46.6 Å². The molecule has 0 saturated heterocycles. The standard InChI is InChI=1S/C23H26Cl3FN2O2S/c1-3-4-10-28-23(31)15(2)29(12-16-8-9-19(25)20(26)11-16)22(30)14-32-13-17-18(24)6-5-7-21(17)27/h5-9,11,15H,3-4,10,12-14H2,1-2H3,(H,28,31)/t15-/m0/s1. The second-order valence-corrected chi connectivity index (χ2v) is 9.49. The van der Waals surface area contributed by atoms with Crippen molar-refractivity contribution in [1.29, 1.82) is 0 Å². The highest BCUT2D eigenvalue weighted by atomic mass is 35.5. The number of rotatable bonds is 11. The summed E-state index contributed by atoms with van der Waals surface area (Å²) >= 11 is 19.4. The van der Waals surface area contributed by atoms with Gasteiger partial charge in [-0.1, -0.05) is 60.3 Å². The van der Waals surface area contributed by atoms with Crippen LogP contribution in [-0.4, -0.2) is 35.1 Å². The van der Waals surface area contributed by atoms with Crippen molar-refractivity contribution in [2.45, 2.75) is 45.0 Å².